The molecule has 4 nitrogen and oxygen atoms in total. The summed E-state index contributed by atoms with van der Waals surface area (Å²) in [6, 6.07) is 13.0. The zero-order valence-electron chi connectivity index (χ0n) is 12.7. The molecule has 3 aromatic rings. The Labute approximate surface area is 142 Å². The van der Waals surface area contributed by atoms with Crippen LogP contribution >= 0.6 is 15.9 Å². The zero-order chi connectivity index (χ0) is 16.6. The van der Waals surface area contributed by atoms with Crippen molar-refractivity contribution in [3.05, 3.63) is 63.8 Å². The van der Waals surface area contributed by atoms with E-state index in [1.165, 1.54) is 0 Å². The van der Waals surface area contributed by atoms with Gasteiger partial charge in [0.05, 0.1) is 11.3 Å². The molecule has 2 aromatic carbocycles. The third-order valence-corrected chi connectivity index (χ3v) is 4.36. The zero-order valence-corrected chi connectivity index (χ0v) is 14.3. The van der Waals surface area contributed by atoms with E-state index in [0.717, 1.165) is 20.9 Å². The number of carbonyl (C=O) groups is 2. The van der Waals surface area contributed by atoms with Crippen LogP contribution in [0.1, 0.15) is 21.6 Å². The standard InChI is InChI=1S/C18H15BrN2O2/c1-10-7-8-15(13(19)9-10)21-18(23)17(22)16-11(2)20-14-6-4-3-5-12(14)16/h3-9,20H,1-2H3,(H,21,23). The van der Waals surface area contributed by atoms with Crippen LogP contribution in [0, 0.1) is 13.8 Å². The Balaban J connectivity index is 1.93. The van der Waals surface area contributed by atoms with Crippen molar-refractivity contribution in [3.63, 3.8) is 0 Å². The summed E-state index contributed by atoms with van der Waals surface area (Å²) >= 11 is 3.40. The number of H-pyrrole nitrogens is 1. The van der Waals surface area contributed by atoms with E-state index in [2.05, 4.69) is 26.2 Å². The maximum atomic E-state index is 12.6. The number of rotatable bonds is 3. The van der Waals surface area contributed by atoms with Gasteiger partial charge in [-0.2, -0.15) is 0 Å². The van der Waals surface area contributed by atoms with Gasteiger partial charge in [0.2, 0.25) is 0 Å². The van der Waals surface area contributed by atoms with E-state index in [-0.39, 0.29) is 0 Å². The molecule has 0 fully saturated rings. The number of Topliss-reactive ketones (excluding diaryl/α,β-unsaturated/α-hetero) is 1. The minimum Gasteiger partial charge on any atom is -0.358 e. The number of fused-ring (bicyclic) bond motifs is 1. The summed E-state index contributed by atoms with van der Waals surface area (Å²) in [6.07, 6.45) is 0. The molecule has 1 heterocycles. The number of halogens is 1. The lowest BCUT2D eigenvalue weighted by atomic mass is 10.1. The summed E-state index contributed by atoms with van der Waals surface area (Å²) in [7, 11) is 0. The van der Waals surface area contributed by atoms with Gasteiger partial charge in [0.1, 0.15) is 0 Å². The molecule has 0 spiro atoms. The lowest BCUT2D eigenvalue weighted by molar-refractivity contribution is -0.112. The molecule has 0 saturated heterocycles. The Bertz CT molecular complexity index is 928. The van der Waals surface area contributed by atoms with Gasteiger partial charge in [0.25, 0.3) is 11.7 Å². The molecule has 0 saturated carbocycles. The Hall–Kier alpha value is -2.40. The summed E-state index contributed by atoms with van der Waals surface area (Å²) in [5, 5.41) is 3.43. The Morgan fingerprint density at radius 3 is 2.57 bits per heavy atom. The molecular weight excluding hydrogens is 356 g/mol. The highest BCUT2D eigenvalue weighted by molar-refractivity contribution is 9.10. The molecule has 0 radical (unpaired) electrons. The summed E-state index contributed by atoms with van der Waals surface area (Å²) in [4.78, 5) is 28.1. The maximum absolute atomic E-state index is 12.6. The molecule has 0 aliphatic rings. The number of para-hydroxylation sites is 1. The molecule has 0 aliphatic heterocycles. The van der Waals surface area contributed by atoms with Crippen molar-refractivity contribution in [2.45, 2.75) is 13.8 Å². The minimum absolute atomic E-state index is 0.418. The highest BCUT2D eigenvalue weighted by atomic mass is 79.9. The lowest BCUT2D eigenvalue weighted by Crippen LogP contribution is -2.23. The Kier molecular flexibility index (Phi) is 4.05. The highest BCUT2D eigenvalue weighted by Gasteiger charge is 2.23. The van der Waals surface area contributed by atoms with Crippen molar-refractivity contribution in [2.24, 2.45) is 0 Å². The van der Waals surface area contributed by atoms with Gasteiger partial charge in [-0.15, -0.1) is 0 Å². The van der Waals surface area contributed by atoms with Crippen LogP contribution in [-0.4, -0.2) is 16.7 Å². The topological polar surface area (TPSA) is 62.0 Å². The smallest absolute Gasteiger partial charge is 0.296 e. The van der Waals surface area contributed by atoms with E-state index < -0.39 is 11.7 Å². The molecule has 1 amide bonds. The number of aromatic amines is 1. The van der Waals surface area contributed by atoms with Crippen LogP contribution in [0.5, 0.6) is 0 Å². The fourth-order valence-electron chi connectivity index (χ4n) is 2.58. The molecular formula is C18H15BrN2O2. The van der Waals surface area contributed by atoms with Crippen LogP contribution in [0.3, 0.4) is 0 Å². The summed E-state index contributed by atoms with van der Waals surface area (Å²) in [6.45, 7) is 3.75. The van der Waals surface area contributed by atoms with Gasteiger partial charge < -0.3 is 10.3 Å². The number of hydrogen-bond donors (Lipinski definition) is 2. The van der Waals surface area contributed by atoms with Crippen molar-refractivity contribution in [1.82, 2.24) is 4.98 Å². The maximum Gasteiger partial charge on any atom is 0.296 e. The fraction of sp³-hybridized carbons (Fsp3) is 0.111. The van der Waals surface area contributed by atoms with E-state index in [1.54, 1.807) is 13.0 Å². The minimum atomic E-state index is -0.651. The van der Waals surface area contributed by atoms with Crippen LogP contribution in [0.25, 0.3) is 10.9 Å². The summed E-state index contributed by atoms with van der Waals surface area (Å²) in [5.74, 6) is -1.20. The van der Waals surface area contributed by atoms with E-state index in [0.29, 0.717) is 16.9 Å². The summed E-state index contributed by atoms with van der Waals surface area (Å²) < 4.78 is 0.745. The first-order valence-electron chi connectivity index (χ1n) is 7.16. The van der Waals surface area contributed by atoms with Crippen LogP contribution in [0.4, 0.5) is 5.69 Å². The Morgan fingerprint density at radius 2 is 1.83 bits per heavy atom. The number of amides is 1. The molecule has 2 N–H and O–H groups in total. The molecule has 0 bridgehead atoms. The van der Waals surface area contributed by atoms with Crippen LogP contribution in [0.15, 0.2) is 46.9 Å². The van der Waals surface area contributed by atoms with Crippen LogP contribution < -0.4 is 5.32 Å². The first-order chi connectivity index (χ1) is 11.0. The van der Waals surface area contributed by atoms with Crippen molar-refractivity contribution < 1.29 is 9.59 Å². The third kappa shape index (κ3) is 2.92. The van der Waals surface area contributed by atoms with E-state index >= 15 is 0 Å². The largest absolute Gasteiger partial charge is 0.358 e. The van der Waals surface area contributed by atoms with Gasteiger partial charge in [0, 0.05) is 21.1 Å². The SMILES string of the molecule is Cc1ccc(NC(=O)C(=O)c2c(C)[nH]c3ccccc23)c(Br)c1. The molecule has 0 aliphatic carbocycles. The Morgan fingerprint density at radius 1 is 1.09 bits per heavy atom. The second-order valence-corrected chi connectivity index (χ2v) is 6.29. The number of aryl methyl sites for hydroxylation is 2. The molecule has 0 atom stereocenters. The van der Waals surface area contributed by atoms with Crippen LogP contribution in [-0.2, 0) is 4.79 Å². The predicted molar refractivity (Wildman–Crippen MR) is 94.9 cm³/mol. The predicted octanol–water partition coefficient (Wildman–Crippen LogP) is 4.37. The summed E-state index contributed by atoms with van der Waals surface area (Å²) in [5.41, 5.74) is 3.59. The first-order valence-corrected chi connectivity index (χ1v) is 7.96. The van der Waals surface area contributed by atoms with Crippen molar-refractivity contribution in [1.29, 1.82) is 0 Å². The van der Waals surface area contributed by atoms with Crippen LogP contribution in [0.2, 0.25) is 0 Å². The number of aromatic nitrogens is 1. The monoisotopic (exact) mass is 370 g/mol. The van der Waals surface area contributed by atoms with E-state index in [4.69, 9.17) is 0 Å². The van der Waals surface area contributed by atoms with Crippen molar-refractivity contribution in [2.75, 3.05) is 5.32 Å². The molecule has 1 aromatic heterocycles. The average molecular weight is 371 g/mol. The van der Waals surface area contributed by atoms with Gasteiger partial charge in [0.15, 0.2) is 0 Å². The fourth-order valence-corrected chi connectivity index (χ4v) is 3.18. The number of ketones is 1. The number of hydrogen-bond acceptors (Lipinski definition) is 2. The van der Waals surface area contributed by atoms with Gasteiger partial charge in [-0.05, 0) is 53.5 Å². The van der Waals surface area contributed by atoms with Gasteiger partial charge in [-0.25, -0.2) is 0 Å². The van der Waals surface area contributed by atoms with Gasteiger partial charge in [-0.1, -0.05) is 24.3 Å². The molecule has 5 heteroatoms. The van der Waals surface area contributed by atoms with E-state index in [9.17, 15) is 9.59 Å². The molecule has 116 valence electrons. The van der Waals surface area contributed by atoms with Gasteiger partial charge >= 0.3 is 0 Å². The third-order valence-electron chi connectivity index (χ3n) is 3.70. The first kappa shape index (κ1) is 15.5. The number of anilines is 1. The molecule has 3 rings (SSSR count). The second-order valence-electron chi connectivity index (χ2n) is 5.44. The van der Waals surface area contributed by atoms with E-state index in [1.807, 2.05) is 43.3 Å². The normalized spacial score (nSPS) is 10.7. The molecule has 0 unspecified atom stereocenters. The number of benzene rings is 2. The number of carbonyl (C=O) groups excluding carboxylic acids is 2. The average Bonchev–Trinajstić information content (AvgIpc) is 2.85. The van der Waals surface area contributed by atoms with Crippen molar-refractivity contribution in [3.8, 4) is 0 Å². The molecule has 23 heavy (non-hydrogen) atoms. The second kappa shape index (κ2) is 6.01. The highest BCUT2D eigenvalue weighted by Crippen LogP contribution is 2.25. The quantitative estimate of drug-likeness (QED) is 0.531. The van der Waals surface area contributed by atoms with Gasteiger partial charge in [-0.3, -0.25) is 9.59 Å². The van der Waals surface area contributed by atoms with Crippen molar-refractivity contribution >= 4 is 44.2 Å². The number of nitrogens with one attached hydrogen (secondary N) is 2. The lowest BCUT2D eigenvalue weighted by Gasteiger charge is -2.07.